The average molecular weight is 251 g/mol. The number of methoxy groups -OCH3 is 1. The second-order valence-corrected chi connectivity index (χ2v) is 4.97. The number of hydrogen-bond acceptors (Lipinski definition) is 4. The summed E-state index contributed by atoms with van der Waals surface area (Å²) in [6.45, 7) is 0. The van der Waals surface area contributed by atoms with E-state index in [9.17, 15) is 4.79 Å². The maximum atomic E-state index is 11.3. The van der Waals surface area contributed by atoms with Crippen LogP contribution in [-0.4, -0.2) is 13.1 Å². The standard InChI is InChI=1S/C14H21NO3/c1-17-14(16)12-9-8-11(18-12)13(15)10-6-4-2-3-5-7-10/h8-10,13H,2-7,15H2,1H3. The molecule has 0 amide bonds. The van der Waals surface area contributed by atoms with Crippen LogP contribution < -0.4 is 5.73 Å². The molecule has 1 aliphatic rings. The molecule has 1 fully saturated rings. The largest absolute Gasteiger partial charge is 0.463 e. The van der Waals surface area contributed by atoms with Crippen LogP contribution in [0.3, 0.4) is 0 Å². The first-order valence-corrected chi connectivity index (χ1v) is 6.66. The van der Waals surface area contributed by atoms with Crippen molar-refractivity contribution in [2.45, 2.75) is 44.6 Å². The van der Waals surface area contributed by atoms with E-state index in [1.807, 2.05) is 0 Å². The van der Waals surface area contributed by atoms with Crippen molar-refractivity contribution in [1.29, 1.82) is 0 Å². The number of esters is 1. The molecule has 0 saturated heterocycles. The first-order chi connectivity index (χ1) is 8.72. The summed E-state index contributed by atoms with van der Waals surface area (Å²) in [5.41, 5.74) is 6.25. The number of hydrogen-bond donors (Lipinski definition) is 1. The van der Waals surface area contributed by atoms with Crippen LogP contribution in [0, 0.1) is 5.92 Å². The van der Waals surface area contributed by atoms with Gasteiger partial charge in [0.15, 0.2) is 0 Å². The molecule has 1 unspecified atom stereocenters. The van der Waals surface area contributed by atoms with Gasteiger partial charge in [0, 0.05) is 0 Å². The van der Waals surface area contributed by atoms with Gasteiger partial charge in [-0.3, -0.25) is 0 Å². The Labute approximate surface area is 107 Å². The molecular weight excluding hydrogens is 230 g/mol. The minimum atomic E-state index is -0.450. The van der Waals surface area contributed by atoms with Crippen LogP contribution in [0.4, 0.5) is 0 Å². The summed E-state index contributed by atoms with van der Waals surface area (Å²) in [6, 6.07) is 3.32. The van der Waals surface area contributed by atoms with Crippen LogP contribution in [0.5, 0.6) is 0 Å². The maximum Gasteiger partial charge on any atom is 0.373 e. The second-order valence-electron chi connectivity index (χ2n) is 4.97. The lowest BCUT2D eigenvalue weighted by Gasteiger charge is -2.20. The monoisotopic (exact) mass is 251 g/mol. The van der Waals surface area contributed by atoms with Gasteiger partial charge in [0.25, 0.3) is 0 Å². The molecule has 1 aromatic rings. The van der Waals surface area contributed by atoms with Crippen molar-refractivity contribution in [3.63, 3.8) is 0 Å². The van der Waals surface area contributed by atoms with Crippen LogP contribution in [0.1, 0.15) is 60.9 Å². The topological polar surface area (TPSA) is 65.5 Å². The zero-order valence-corrected chi connectivity index (χ0v) is 10.9. The molecule has 4 heteroatoms. The summed E-state index contributed by atoms with van der Waals surface area (Å²) in [5.74, 6) is 0.942. The molecule has 1 aromatic heterocycles. The molecule has 0 aromatic carbocycles. The molecule has 1 aliphatic carbocycles. The first-order valence-electron chi connectivity index (χ1n) is 6.66. The van der Waals surface area contributed by atoms with Gasteiger partial charge in [-0.2, -0.15) is 0 Å². The Hall–Kier alpha value is -1.29. The fourth-order valence-corrected chi connectivity index (χ4v) is 2.64. The van der Waals surface area contributed by atoms with Crippen molar-refractivity contribution in [2.75, 3.05) is 7.11 Å². The van der Waals surface area contributed by atoms with E-state index in [1.54, 1.807) is 12.1 Å². The molecule has 1 saturated carbocycles. The summed E-state index contributed by atoms with van der Waals surface area (Å²) in [4.78, 5) is 11.3. The normalized spacial score (nSPS) is 19.2. The molecule has 1 heterocycles. The van der Waals surface area contributed by atoms with E-state index in [0.29, 0.717) is 11.7 Å². The number of furan rings is 1. The summed E-state index contributed by atoms with van der Waals surface area (Å²) in [6.07, 6.45) is 7.38. The van der Waals surface area contributed by atoms with Gasteiger partial charge in [0.2, 0.25) is 5.76 Å². The zero-order valence-electron chi connectivity index (χ0n) is 10.9. The minimum absolute atomic E-state index is 0.110. The summed E-state index contributed by atoms with van der Waals surface area (Å²) >= 11 is 0. The van der Waals surface area contributed by atoms with Crippen LogP contribution in [-0.2, 0) is 4.74 Å². The second kappa shape index (κ2) is 6.05. The molecule has 0 bridgehead atoms. The molecule has 0 aliphatic heterocycles. The van der Waals surface area contributed by atoms with Gasteiger partial charge in [0.05, 0.1) is 13.2 Å². The lowest BCUT2D eigenvalue weighted by atomic mass is 9.91. The average Bonchev–Trinajstić information content (AvgIpc) is 2.72. The molecule has 0 radical (unpaired) electrons. The Bertz CT molecular complexity index is 391. The third-order valence-corrected chi connectivity index (χ3v) is 3.75. The predicted molar refractivity (Wildman–Crippen MR) is 68.2 cm³/mol. The minimum Gasteiger partial charge on any atom is -0.463 e. The Morgan fingerprint density at radius 2 is 2.00 bits per heavy atom. The van der Waals surface area contributed by atoms with E-state index >= 15 is 0 Å². The molecule has 4 nitrogen and oxygen atoms in total. The van der Waals surface area contributed by atoms with E-state index < -0.39 is 5.97 Å². The third-order valence-electron chi connectivity index (χ3n) is 3.75. The highest BCUT2D eigenvalue weighted by Gasteiger charge is 2.24. The zero-order chi connectivity index (χ0) is 13.0. The molecular formula is C14H21NO3. The van der Waals surface area contributed by atoms with Gasteiger partial charge >= 0.3 is 5.97 Å². The van der Waals surface area contributed by atoms with Crippen molar-refractivity contribution in [2.24, 2.45) is 11.7 Å². The Balaban J connectivity index is 2.05. The van der Waals surface area contributed by atoms with Gasteiger partial charge in [-0.15, -0.1) is 0 Å². The van der Waals surface area contributed by atoms with Crippen molar-refractivity contribution >= 4 is 5.97 Å². The van der Waals surface area contributed by atoms with Gasteiger partial charge < -0.3 is 14.9 Å². The Kier molecular flexibility index (Phi) is 4.42. The summed E-state index contributed by atoms with van der Waals surface area (Å²) in [7, 11) is 1.34. The van der Waals surface area contributed by atoms with Crippen LogP contribution in [0.15, 0.2) is 16.5 Å². The van der Waals surface area contributed by atoms with Crippen LogP contribution in [0.2, 0.25) is 0 Å². The number of nitrogens with two attached hydrogens (primary N) is 1. The van der Waals surface area contributed by atoms with Crippen molar-refractivity contribution in [3.8, 4) is 0 Å². The lowest BCUT2D eigenvalue weighted by Crippen LogP contribution is -2.20. The molecule has 100 valence electrons. The number of carbonyl (C=O) groups is 1. The molecule has 2 N–H and O–H groups in total. The summed E-state index contributed by atoms with van der Waals surface area (Å²) < 4.78 is 10.1. The van der Waals surface area contributed by atoms with E-state index in [2.05, 4.69) is 4.74 Å². The van der Waals surface area contributed by atoms with E-state index in [0.717, 1.165) is 12.8 Å². The van der Waals surface area contributed by atoms with Crippen LogP contribution in [0.25, 0.3) is 0 Å². The van der Waals surface area contributed by atoms with Gasteiger partial charge in [-0.05, 0) is 30.9 Å². The van der Waals surface area contributed by atoms with Gasteiger partial charge in [-0.1, -0.05) is 25.7 Å². The fourth-order valence-electron chi connectivity index (χ4n) is 2.64. The van der Waals surface area contributed by atoms with Crippen molar-refractivity contribution in [1.82, 2.24) is 0 Å². The molecule has 1 atom stereocenters. The predicted octanol–water partition coefficient (Wildman–Crippen LogP) is 3.04. The molecule has 2 rings (SSSR count). The molecule has 0 spiro atoms. The van der Waals surface area contributed by atoms with E-state index in [-0.39, 0.29) is 11.8 Å². The highest BCUT2D eigenvalue weighted by Crippen LogP contribution is 2.32. The SMILES string of the molecule is COC(=O)c1ccc(C(N)C2CCCCCC2)o1. The quantitative estimate of drug-likeness (QED) is 0.662. The Morgan fingerprint density at radius 1 is 1.33 bits per heavy atom. The van der Waals surface area contributed by atoms with E-state index in [1.165, 1.54) is 32.8 Å². The fraction of sp³-hybridized carbons (Fsp3) is 0.643. The smallest absolute Gasteiger partial charge is 0.373 e. The van der Waals surface area contributed by atoms with Crippen molar-refractivity contribution in [3.05, 3.63) is 23.7 Å². The van der Waals surface area contributed by atoms with E-state index in [4.69, 9.17) is 10.2 Å². The van der Waals surface area contributed by atoms with Crippen molar-refractivity contribution < 1.29 is 13.9 Å². The number of rotatable bonds is 3. The maximum absolute atomic E-state index is 11.3. The molecule has 18 heavy (non-hydrogen) atoms. The highest BCUT2D eigenvalue weighted by atomic mass is 16.5. The van der Waals surface area contributed by atoms with Crippen LogP contribution >= 0.6 is 0 Å². The third kappa shape index (κ3) is 2.93. The van der Waals surface area contributed by atoms with Gasteiger partial charge in [-0.25, -0.2) is 4.79 Å². The lowest BCUT2D eigenvalue weighted by molar-refractivity contribution is 0.0561. The first kappa shape index (κ1) is 13.1. The van der Waals surface area contributed by atoms with Gasteiger partial charge in [0.1, 0.15) is 5.76 Å². The highest BCUT2D eigenvalue weighted by molar-refractivity contribution is 5.86. The number of ether oxygens (including phenoxy) is 1. The summed E-state index contributed by atoms with van der Waals surface area (Å²) in [5, 5.41) is 0. The Morgan fingerprint density at radius 3 is 2.61 bits per heavy atom. The number of carbonyl (C=O) groups excluding carboxylic acids is 1.